The summed E-state index contributed by atoms with van der Waals surface area (Å²) in [5.74, 6) is 2.72. The largest absolute Gasteiger partial charge is 0.380 e. The number of rotatable bonds is 6. The molecule has 0 radical (unpaired) electrons. The Bertz CT molecular complexity index is 1200. The van der Waals surface area contributed by atoms with Crippen LogP contribution in [0.15, 0.2) is 36.4 Å². The Morgan fingerprint density at radius 1 is 1.05 bits per heavy atom. The number of nitrogens with zero attached hydrogens (tertiary/aromatic N) is 1. The maximum atomic E-state index is 14.5. The molecule has 1 N–H and O–H groups in total. The van der Waals surface area contributed by atoms with Gasteiger partial charge in [0, 0.05) is 17.3 Å². The summed E-state index contributed by atoms with van der Waals surface area (Å²) in [6.45, 7) is 2.10. The molecule has 0 spiro atoms. The Labute approximate surface area is 219 Å². The minimum Gasteiger partial charge on any atom is -0.380 e. The maximum Gasteiger partial charge on any atom is 0.299 e. The average Bonchev–Trinajstić information content (AvgIpc) is 2.86. The Morgan fingerprint density at radius 2 is 1.68 bits per heavy atom. The van der Waals surface area contributed by atoms with E-state index in [9.17, 15) is 13.6 Å². The number of nitrogens with one attached hydrogen (secondary N) is 1. The third-order valence-electron chi connectivity index (χ3n) is 9.53. The van der Waals surface area contributed by atoms with Gasteiger partial charge in [-0.3, -0.25) is 4.79 Å². The van der Waals surface area contributed by atoms with Crippen LogP contribution in [-0.4, -0.2) is 22.4 Å². The highest BCUT2D eigenvalue weighted by Gasteiger charge is 2.51. The van der Waals surface area contributed by atoms with E-state index in [-0.39, 0.29) is 11.6 Å². The predicted molar refractivity (Wildman–Crippen MR) is 142 cm³/mol. The van der Waals surface area contributed by atoms with Crippen molar-refractivity contribution in [2.45, 2.75) is 88.8 Å². The van der Waals surface area contributed by atoms with Crippen molar-refractivity contribution in [3.8, 4) is 12.3 Å². The number of halogens is 2. The minimum absolute atomic E-state index is 0.157. The lowest BCUT2D eigenvalue weighted by atomic mass is 9.53. The molecular formula is C32H36F2N2O. The van der Waals surface area contributed by atoms with Crippen LogP contribution in [0.2, 0.25) is 0 Å². The van der Waals surface area contributed by atoms with E-state index in [1.165, 1.54) is 50.7 Å². The second kappa shape index (κ2) is 9.46. The zero-order valence-electron chi connectivity index (χ0n) is 21.6. The van der Waals surface area contributed by atoms with Crippen LogP contribution in [0.4, 0.5) is 14.5 Å². The van der Waals surface area contributed by atoms with Crippen LogP contribution in [0, 0.1) is 41.7 Å². The number of unbranched alkanes of at least 4 members (excludes halogenated alkanes) is 1. The summed E-state index contributed by atoms with van der Waals surface area (Å²) in [6.07, 6.45) is 16.7. The SMILES string of the molecule is C#CC(=O)N1C(c2ccc(NC34CC5CC(CC(C5)C3)C4)cc2)c2cc(F)c(F)cc2C[C@@H]1CCCC. The molecule has 3 nitrogen and oxygen atoms in total. The number of benzene rings is 2. The first-order valence-electron chi connectivity index (χ1n) is 14.0. The molecule has 1 heterocycles. The first-order valence-corrected chi connectivity index (χ1v) is 14.0. The number of fused-ring (bicyclic) bond motifs is 1. The highest BCUT2D eigenvalue weighted by molar-refractivity contribution is 5.94. The standard InChI is InChI=1S/C32H36F2N2O/c1-3-5-6-26-14-24-15-28(33)29(34)16-27(24)31(36(26)30(37)4-2)23-7-9-25(10-8-23)35-32-17-20-11-21(18-32)13-22(12-20)19-32/h2,7-10,15-16,20-22,26,31,35H,3,5-6,11-14,17-19H2,1H3/t20?,21?,22?,26-,31?,32?/m0/s1. The van der Waals surface area contributed by atoms with Crippen molar-refractivity contribution in [1.29, 1.82) is 0 Å². The van der Waals surface area contributed by atoms with Crippen LogP contribution in [0.5, 0.6) is 0 Å². The van der Waals surface area contributed by atoms with Crippen molar-refractivity contribution in [1.82, 2.24) is 4.90 Å². The summed E-state index contributed by atoms with van der Waals surface area (Å²) >= 11 is 0. The number of carbonyl (C=O) groups is 1. The van der Waals surface area contributed by atoms with Gasteiger partial charge in [-0.2, -0.15) is 0 Å². The van der Waals surface area contributed by atoms with Crippen molar-refractivity contribution in [3.63, 3.8) is 0 Å². The molecule has 5 heteroatoms. The van der Waals surface area contributed by atoms with Crippen molar-refractivity contribution in [3.05, 3.63) is 64.7 Å². The molecular weight excluding hydrogens is 466 g/mol. The molecule has 194 valence electrons. The number of amides is 1. The van der Waals surface area contributed by atoms with Gasteiger partial charge < -0.3 is 10.2 Å². The molecule has 37 heavy (non-hydrogen) atoms. The van der Waals surface area contributed by atoms with E-state index in [1.807, 2.05) is 12.1 Å². The lowest BCUT2D eigenvalue weighted by molar-refractivity contribution is -0.130. The molecule has 4 saturated carbocycles. The fourth-order valence-corrected chi connectivity index (χ4v) is 8.44. The number of hydrogen-bond donors (Lipinski definition) is 1. The second-order valence-corrected chi connectivity index (χ2v) is 12.2. The average molecular weight is 503 g/mol. The van der Waals surface area contributed by atoms with Crippen LogP contribution >= 0.6 is 0 Å². The lowest BCUT2D eigenvalue weighted by Crippen LogP contribution is -2.54. The van der Waals surface area contributed by atoms with Crippen LogP contribution in [0.1, 0.15) is 87.4 Å². The fraction of sp³-hybridized carbons (Fsp3) is 0.531. The van der Waals surface area contributed by atoms with Crippen LogP contribution in [0.25, 0.3) is 0 Å². The highest BCUT2D eigenvalue weighted by atomic mass is 19.2. The predicted octanol–water partition coefficient (Wildman–Crippen LogP) is 7.01. The molecule has 4 fully saturated rings. The van der Waals surface area contributed by atoms with Crippen molar-refractivity contribution in [2.24, 2.45) is 17.8 Å². The molecule has 1 unspecified atom stereocenters. The van der Waals surface area contributed by atoms with Gasteiger partial charge >= 0.3 is 0 Å². The van der Waals surface area contributed by atoms with Gasteiger partial charge in [0.2, 0.25) is 0 Å². The van der Waals surface area contributed by atoms with E-state index in [0.717, 1.165) is 53.8 Å². The van der Waals surface area contributed by atoms with Crippen molar-refractivity contribution >= 4 is 11.6 Å². The molecule has 4 aliphatic carbocycles. The Hall–Kier alpha value is -2.87. The van der Waals surface area contributed by atoms with Gasteiger partial charge in [-0.15, -0.1) is 6.42 Å². The number of terminal acetylenes is 1. The topological polar surface area (TPSA) is 32.3 Å². The Kier molecular flexibility index (Phi) is 6.25. The third-order valence-corrected chi connectivity index (χ3v) is 9.53. The maximum absolute atomic E-state index is 14.5. The van der Waals surface area contributed by atoms with E-state index >= 15 is 0 Å². The minimum atomic E-state index is -0.899. The van der Waals surface area contributed by atoms with Gasteiger partial charge in [0.05, 0.1) is 6.04 Å². The molecule has 5 aliphatic rings. The van der Waals surface area contributed by atoms with Gasteiger partial charge in [-0.1, -0.05) is 31.9 Å². The van der Waals surface area contributed by atoms with E-state index in [1.54, 1.807) is 4.90 Å². The van der Waals surface area contributed by atoms with Gasteiger partial charge in [0.1, 0.15) is 0 Å². The highest BCUT2D eigenvalue weighted by Crippen LogP contribution is 2.56. The van der Waals surface area contributed by atoms with Crippen molar-refractivity contribution in [2.75, 3.05) is 5.32 Å². The molecule has 0 aromatic heterocycles. The summed E-state index contributed by atoms with van der Waals surface area (Å²) in [5, 5.41) is 3.91. The Morgan fingerprint density at radius 3 is 2.27 bits per heavy atom. The van der Waals surface area contributed by atoms with Gasteiger partial charge in [-0.05, 0) is 116 Å². The number of hydrogen-bond acceptors (Lipinski definition) is 2. The van der Waals surface area contributed by atoms with Crippen LogP contribution < -0.4 is 5.32 Å². The first-order chi connectivity index (χ1) is 17.9. The Balaban J connectivity index is 1.34. The number of carbonyl (C=O) groups excluding carboxylic acids is 1. The van der Waals surface area contributed by atoms with E-state index in [2.05, 4.69) is 30.3 Å². The number of anilines is 1. The van der Waals surface area contributed by atoms with Gasteiger partial charge in [0.15, 0.2) is 11.6 Å². The summed E-state index contributed by atoms with van der Waals surface area (Å²) in [6, 6.07) is 10.1. The molecule has 0 saturated heterocycles. The zero-order valence-corrected chi connectivity index (χ0v) is 21.6. The smallest absolute Gasteiger partial charge is 0.299 e. The first kappa shape index (κ1) is 24.5. The van der Waals surface area contributed by atoms with Gasteiger partial charge in [0.25, 0.3) is 5.91 Å². The summed E-state index contributed by atoms with van der Waals surface area (Å²) in [5.41, 5.74) is 3.53. The molecule has 1 amide bonds. The van der Waals surface area contributed by atoms with Crippen LogP contribution in [0.3, 0.4) is 0 Å². The third kappa shape index (κ3) is 4.43. The summed E-state index contributed by atoms with van der Waals surface area (Å²) < 4.78 is 28.7. The van der Waals surface area contributed by atoms with E-state index < -0.39 is 23.6 Å². The van der Waals surface area contributed by atoms with Gasteiger partial charge in [-0.25, -0.2) is 8.78 Å². The normalized spacial score (nSPS) is 31.6. The summed E-state index contributed by atoms with van der Waals surface area (Å²) in [7, 11) is 0. The molecule has 1 aliphatic heterocycles. The van der Waals surface area contributed by atoms with Crippen molar-refractivity contribution < 1.29 is 13.6 Å². The summed E-state index contributed by atoms with van der Waals surface area (Å²) in [4.78, 5) is 14.8. The van der Waals surface area contributed by atoms with E-state index in [0.29, 0.717) is 12.0 Å². The molecule has 2 aromatic rings. The molecule has 4 bridgehead atoms. The second-order valence-electron chi connectivity index (χ2n) is 12.2. The fourth-order valence-electron chi connectivity index (χ4n) is 8.44. The quantitative estimate of drug-likeness (QED) is 0.431. The lowest BCUT2D eigenvalue weighted by Gasteiger charge is -2.57. The zero-order chi connectivity index (χ0) is 25.7. The monoisotopic (exact) mass is 502 g/mol. The van der Waals surface area contributed by atoms with E-state index in [4.69, 9.17) is 6.42 Å². The van der Waals surface area contributed by atoms with Crippen LogP contribution in [-0.2, 0) is 11.2 Å². The molecule has 2 aromatic carbocycles. The molecule has 2 atom stereocenters. The molecule has 7 rings (SSSR count).